The molecule has 0 spiro atoms. The molecule has 8 heteroatoms. The number of alkyl halides is 1. The first-order valence-electron chi connectivity index (χ1n) is 9.64. The highest BCUT2D eigenvalue weighted by atomic mass is 19.1. The fourth-order valence-corrected chi connectivity index (χ4v) is 3.71. The van der Waals surface area contributed by atoms with Gasteiger partial charge in [0.05, 0.1) is 29.9 Å². The minimum absolute atomic E-state index is 0.0294. The van der Waals surface area contributed by atoms with Gasteiger partial charge in [0.2, 0.25) is 0 Å². The molecule has 1 N–H and O–H groups in total. The molecule has 2 amide bonds. The van der Waals surface area contributed by atoms with E-state index < -0.39 is 12.2 Å². The fraction of sp³-hybridized carbons (Fsp3) is 0.550. The number of aromatic nitrogens is 2. The lowest BCUT2D eigenvalue weighted by atomic mass is 10.1. The smallest absolute Gasteiger partial charge is 0.257 e. The molecule has 0 aliphatic carbocycles. The Hall–Kier alpha value is -2.64. The van der Waals surface area contributed by atoms with Gasteiger partial charge in [-0.05, 0) is 33.3 Å². The van der Waals surface area contributed by atoms with Gasteiger partial charge in [-0.2, -0.15) is 5.10 Å². The molecule has 2 unspecified atom stereocenters. The summed E-state index contributed by atoms with van der Waals surface area (Å²) < 4.78 is 21.3. The van der Waals surface area contributed by atoms with Gasteiger partial charge in [-0.1, -0.05) is 6.92 Å². The topological polar surface area (TPSA) is 80.4 Å². The zero-order valence-electron chi connectivity index (χ0n) is 16.8. The second-order valence-electron chi connectivity index (χ2n) is 7.35. The van der Waals surface area contributed by atoms with Gasteiger partial charge in [-0.15, -0.1) is 0 Å². The molecular formula is C20H27FN4O3. The Balaban J connectivity index is 1.70. The van der Waals surface area contributed by atoms with Gasteiger partial charge in [0, 0.05) is 25.2 Å². The SMILES string of the molecule is CCCn1ncc(C(=O)N2CC(F)CC2CNC(=O)c2cc(C)oc2C)c1C. The molecule has 0 aromatic carbocycles. The van der Waals surface area contributed by atoms with Crippen LogP contribution in [0.25, 0.3) is 0 Å². The van der Waals surface area contributed by atoms with Gasteiger partial charge in [0.25, 0.3) is 11.8 Å². The van der Waals surface area contributed by atoms with Crippen molar-refractivity contribution in [1.82, 2.24) is 20.0 Å². The van der Waals surface area contributed by atoms with Crippen LogP contribution in [0.4, 0.5) is 4.39 Å². The van der Waals surface area contributed by atoms with Crippen LogP contribution in [0, 0.1) is 20.8 Å². The Kier molecular flexibility index (Phi) is 5.86. The van der Waals surface area contributed by atoms with Gasteiger partial charge in [-0.25, -0.2) is 4.39 Å². The summed E-state index contributed by atoms with van der Waals surface area (Å²) in [5.41, 5.74) is 1.73. The zero-order valence-corrected chi connectivity index (χ0v) is 16.8. The summed E-state index contributed by atoms with van der Waals surface area (Å²) in [5, 5.41) is 7.07. The van der Waals surface area contributed by atoms with E-state index in [4.69, 9.17) is 4.42 Å². The van der Waals surface area contributed by atoms with Crippen LogP contribution in [0.1, 0.15) is 57.7 Å². The lowest BCUT2D eigenvalue weighted by Crippen LogP contribution is -2.43. The summed E-state index contributed by atoms with van der Waals surface area (Å²) in [6.07, 6.45) is 1.56. The van der Waals surface area contributed by atoms with E-state index >= 15 is 0 Å². The molecule has 0 radical (unpaired) electrons. The third kappa shape index (κ3) is 3.95. The molecule has 2 aromatic rings. The molecule has 2 aromatic heterocycles. The molecular weight excluding hydrogens is 363 g/mol. The minimum atomic E-state index is -1.10. The summed E-state index contributed by atoms with van der Waals surface area (Å²) in [7, 11) is 0. The van der Waals surface area contributed by atoms with Crippen molar-refractivity contribution in [1.29, 1.82) is 0 Å². The number of carbonyl (C=O) groups is 2. The molecule has 152 valence electrons. The third-order valence-corrected chi connectivity index (χ3v) is 5.18. The average molecular weight is 390 g/mol. The van der Waals surface area contributed by atoms with E-state index in [1.165, 1.54) is 4.90 Å². The summed E-state index contributed by atoms with van der Waals surface area (Å²) in [4.78, 5) is 26.9. The van der Waals surface area contributed by atoms with Crippen LogP contribution >= 0.6 is 0 Å². The number of nitrogens with one attached hydrogen (secondary N) is 1. The highest BCUT2D eigenvalue weighted by molar-refractivity contribution is 5.96. The Morgan fingerprint density at radius 1 is 1.32 bits per heavy atom. The lowest BCUT2D eigenvalue weighted by molar-refractivity contribution is 0.0717. The summed E-state index contributed by atoms with van der Waals surface area (Å²) in [6, 6.07) is 1.28. The van der Waals surface area contributed by atoms with Gasteiger partial charge in [-0.3, -0.25) is 14.3 Å². The first-order chi connectivity index (χ1) is 13.3. The number of likely N-dealkylation sites (tertiary alicyclic amines) is 1. The summed E-state index contributed by atoms with van der Waals surface area (Å²) in [5.74, 6) is 0.672. The van der Waals surface area contributed by atoms with Crippen LogP contribution in [-0.2, 0) is 6.54 Å². The zero-order chi connectivity index (χ0) is 20.4. The monoisotopic (exact) mass is 390 g/mol. The van der Waals surface area contributed by atoms with Crippen molar-refractivity contribution in [2.75, 3.05) is 13.1 Å². The Labute approximate surface area is 163 Å². The maximum absolute atomic E-state index is 14.1. The molecule has 7 nitrogen and oxygen atoms in total. The number of rotatable bonds is 6. The molecule has 3 heterocycles. The number of hydrogen-bond acceptors (Lipinski definition) is 4. The fourth-order valence-electron chi connectivity index (χ4n) is 3.71. The van der Waals surface area contributed by atoms with Crippen LogP contribution in [0.2, 0.25) is 0 Å². The van der Waals surface area contributed by atoms with Crippen molar-refractivity contribution < 1.29 is 18.4 Å². The van der Waals surface area contributed by atoms with Crippen molar-refractivity contribution in [3.8, 4) is 0 Å². The number of amides is 2. The number of aryl methyl sites for hydroxylation is 3. The van der Waals surface area contributed by atoms with E-state index in [1.54, 1.807) is 30.8 Å². The Morgan fingerprint density at radius 2 is 2.07 bits per heavy atom. The van der Waals surface area contributed by atoms with Crippen LogP contribution < -0.4 is 5.32 Å². The number of carbonyl (C=O) groups excluding carboxylic acids is 2. The molecule has 1 aliphatic rings. The summed E-state index contributed by atoms with van der Waals surface area (Å²) >= 11 is 0. The maximum Gasteiger partial charge on any atom is 0.257 e. The van der Waals surface area contributed by atoms with E-state index in [-0.39, 0.29) is 31.3 Å². The van der Waals surface area contributed by atoms with Gasteiger partial charge < -0.3 is 14.6 Å². The molecule has 2 atom stereocenters. The molecule has 3 rings (SSSR count). The highest BCUT2D eigenvalue weighted by Crippen LogP contribution is 2.24. The van der Waals surface area contributed by atoms with E-state index in [9.17, 15) is 14.0 Å². The second kappa shape index (κ2) is 8.16. The highest BCUT2D eigenvalue weighted by Gasteiger charge is 2.37. The number of hydrogen-bond donors (Lipinski definition) is 1. The normalized spacial score (nSPS) is 19.2. The van der Waals surface area contributed by atoms with Crippen LogP contribution in [0.15, 0.2) is 16.7 Å². The molecule has 1 fully saturated rings. The van der Waals surface area contributed by atoms with E-state index in [1.807, 2.05) is 13.8 Å². The van der Waals surface area contributed by atoms with E-state index in [0.29, 0.717) is 22.6 Å². The van der Waals surface area contributed by atoms with E-state index in [2.05, 4.69) is 10.4 Å². The van der Waals surface area contributed by atoms with Gasteiger partial charge in [0.15, 0.2) is 0 Å². The molecule has 0 bridgehead atoms. The molecule has 1 aliphatic heterocycles. The predicted molar refractivity (Wildman–Crippen MR) is 102 cm³/mol. The maximum atomic E-state index is 14.1. The molecule has 28 heavy (non-hydrogen) atoms. The average Bonchev–Trinajstić information content (AvgIpc) is 3.30. The van der Waals surface area contributed by atoms with Gasteiger partial charge >= 0.3 is 0 Å². The van der Waals surface area contributed by atoms with Crippen molar-refractivity contribution in [3.05, 3.63) is 40.6 Å². The second-order valence-corrected chi connectivity index (χ2v) is 7.35. The first-order valence-corrected chi connectivity index (χ1v) is 9.64. The molecule has 0 saturated carbocycles. The van der Waals surface area contributed by atoms with Crippen LogP contribution in [-0.4, -0.2) is 51.8 Å². The third-order valence-electron chi connectivity index (χ3n) is 5.18. The van der Waals surface area contributed by atoms with Crippen molar-refractivity contribution >= 4 is 11.8 Å². The van der Waals surface area contributed by atoms with E-state index in [0.717, 1.165) is 18.7 Å². The summed E-state index contributed by atoms with van der Waals surface area (Å²) in [6.45, 7) is 8.34. The lowest BCUT2D eigenvalue weighted by Gasteiger charge is -2.24. The Bertz CT molecular complexity index is 873. The predicted octanol–water partition coefficient (Wildman–Crippen LogP) is 2.79. The van der Waals surface area contributed by atoms with Crippen molar-refractivity contribution in [2.45, 2.75) is 59.3 Å². The van der Waals surface area contributed by atoms with Gasteiger partial charge in [0.1, 0.15) is 17.7 Å². The molecule has 1 saturated heterocycles. The Morgan fingerprint density at radius 3 is 2.71 bits per heavy atom. The quantitative estimate of drug-likeness (QED) is 0.822. The standard InChI is InChI=1S/C20H27FN4O3/c1-5-6-25-13(3)18(10-23-25)20(27)24-11-15(21)8-16(24)9-22-19(26)17-7-12(2)28-14(17)4/h7,10,15-16H,5-6,8-9,11H2,1-4H3,(H,22,26). The number of halogens is 1. The van der Waals surface area contributed by atoms with Crippen molar-refractivity contribution in [2.24, 2.45) is 0 Å². The number of nitrogens with zero attached hydrogens (tertiary/aromatic N) is 3. The van der Waals surface area contributed by atoms with Crippen LogP contribution in [0.5, 0.6) is 0 Å². The van der Waals surface area contributed by atoms with Crippen LogP contribution in [0.3, 0.4) is 0 Å². The van der Waals surface area contributed by atoms with Crippen molar-refractivity contribution in [3.63, 3.8) is 0 Å². The largest absolute Gasteiger partial charge is 0.466 e. The number of furan rings is 1. The first kappa shape index (κ1) is 20.1. The minimum Gasteiger partial charge on any atom is -0.466 e.